The molecule has 0 saturated carbocycles. The Kier molecular flexibility index (Phi) is 4.48. The Balaban J connectivity index is 1.82. The van der Waals surface area contributed by atoms with E-state index < -0.39 is 0 Å². The molecule has 2 aromatic heterocycles. The molecule has 22 heavy (non-hydrogen) atoms. The number of aliphatic hydroxyl groups is 1. The van der Waals surface area contributed by atoms with Crippen LogP contribution in [0.1, 0.15) is 40.2 Å². The molecule has 116 valence electrons. The quantitative estimate of drug-likeness (QED) is 0.872. The van der Waals surface area contributed by atoms with Gasteiger partial charge in [-0.25, -0.2) is 0 Å². The summed E-state index contributed by atoms with van der Waals surface area (Å²) >= 11 is 0. The molecule has 6 heteroatoms. The first-order valence-corrected chi connectivity index (χ1v) is 7.64. The van der Waals surface area contributed by atoms with Gasteiger partial charge in [-0.15, -0.1) is 0 Å². The SMILES string of the molecule is O=C(c1n[nH]c2c1CCCC2)N(CCO)Cc1cccnc1. The number of nitrogens with one attached hydrogen (secondary N) is 1. The van der Waals surface area contributed by atoms with Gasteiger partial charge in [0.1, 0.15) is 0 Å². The van der Waals surface area contributed by atoms with Gasteiger partial charge >= 0.3 is 0 Å². The number of fused-ring (bicyclic) bond motifs is 1. The zero-order chi connectivity index (χ0) is 15.4. The van der Waals surface area contributed by atoms with Crippen molar-refractivity contribution in [1.29, 1.82) is 0 Å². The van der Waals surface area contributed by atoms with Crippen molar-refractivity contribution in [3.8, 4) is 0 Å². The molecule has 0 radical (unpaired) electrons. The molecule has 3 rings (SSSR count). The molecule has 0 fully saturated rings. The van der Waals surface area contributed by atoms with E-state index in [-0.39, 0.29) is 19.1 Å². The first-order valence-electron chi connectivity index (χ1n) is 7.64. The number of H-pyrrole nitrogens is 1. The molecule has 0 aromatic carbocycles. The van der Waals surface area contributed by atoms with Crippen molar-refractivity contribution < 1.29 is 9.90 Å². The monoisotopic (exact) mass is 300 g/mol. The highest BCUT2D eigenvalue weighted by atomic mass is 16.3. The van der Waals surface area contributed by atoms with Gasteiger partial charge in [0.25, 0.3) is 5.91 Å². The van der Waals surface area contributed by atoms with Crippen LogP contribution >= 0.6 is 0 Å². The van der Waals surface area contributed by atoms with Crippen molar-refractivity contribution in [2.24, 2.45) is 0 Å². The van der Waals surface area contributed by atoms with Crippen molar-refractivity contribution in [3.63, 3.8) is 0 Å². The highest BCUT2D eigenvalue weighted by Gasteiger charge is 2.25. The maximum atomic E-state index is 12.8. The second-order valence-corrected chi connectivity index (χ2v) is 5.55. The minimum Gasteiger partial charge on any atom is -0.395 e. The van der Waals surface area contributed by atoms with Crippen LogP contribution in [0.4, 0.5) is 0 Å². The lowest BCUT2D eigenvalue weighted by Crippen LogP contribution is -2.34. The number of carbonyl (C=O) groups is 1. The van der Waals surface area contributed by atoms with Gasteiger partial charge in [0, 0.05) is 36.7 Å². The van der Waals surface area contributed by atoms with Gasteiger partial charge in [-0.3, -0.25) is 14.9 Å². The van der Waals surface area contributed by atoms with Gasteiger partial charge in [0.2, 0.25) is 0 Å². The number of aryl methyl sites for hydroxylation is 1. The van der Waals surface area contributed by atoms with Gasteiger partial charge in [-0.05, 0) is 37.3 Å². The average Bonchev–Trinajstić information content (AvgIpc) is 2.99. The van der Waals surface area contributed by atoms with E-state index in [0.29, 0.717) is 12.2 Å². The van der Waals surface area contributed by atoms with Crippen molar-refractivity contribution in [2.75, 3.05) is 13.2 Å². The third kappa shape index (κ3) is 3.01. The number of aromatic nitrogens is 3. The standard InChI is InChI=1S/C16H20N4O2/c21-9-8-20(11-12-4-3-7-17-10-12)16(22)15-13-5-1-2-6-14(13)18-19-15/h3-4,7,10,21H,1-2,5-6,8-9,11H2,(H,18,19). The summed E-state index contributed by atoms with van der Waals surface area (Å²) in [6, 6.07) is 3.76. The first-order chi connectivity index (χ1) is 10.8. The van der Waals surface area contributed by atoms with Crippen LogP contribution in [0.5, 0.6) is 0 Å². The summed E-state index contributed by atoms with van der Waals surface area (Å²) in [5.74, 6) is -0.127. The highest BCUT2D eigenvalue weighted by molar-refractivity contribution is 5.94. The number of carbonyl (C=O) groups excluding carboxylic acids is 1. The molecule has 2 N–H and O–H groups in total. The summed E-state index contributed by atoms with van der Waals surface area (Å²) in [5.41, 5.74) is 3.58. The lowest BCUT2D eigenvalue weighted by Gasteiger charge is -2.22. The predicted molar refractivity (Wildman–Crippen MR) is 81.3 cm³/mol. The molecule has 0 unspecified atom stereocenters. The summed E-state index contributed by atoms with van der Waals surface area (Å²) in [6.07, 6.45) is 7.52. The van der Waals surface area contributed by atoms with Crippen LogP contribution in [0.2, 0.25) is 0 Å². The second-order valence-electron chi connectivity index (χ2n) is 5.55. The van der Waals surface area contributed by atoms with E-state index in [4.69, 9.17) is 0 Å². The summed E-state index contributed by atoms with van der Waals surface area (Å²) in [7, 11) is 0. The predicted octanol–water partition coefficient (Wildman–Crippen LogP) is 1.32. The van der Waals surface area contributed by atoms with E-state index in [1.54, 1.807) is 17.3 Å². The summed E-state index contributed by atoms with van der Waals surface area (Å²) in [4.78, 5) is 18.5. The molecular formula is C16H20N4O2. The van der Waals surface area contributed by atoms with Crippen LogP contribution in [-0.4, -0.2) is 44.2 Å². The van der Waals surface area contributed by atoms with Crippen molar-refractivity contribution >= 4 is 5.91 Å². The van der Waals surface area contributed by atoms with Gasteiger partial charge < -0.3 is 10.0 Å². The lowest BCUT2D eigenvalue weighted by atomic mass is 9.95. The van der Waals surface area contributed by atoms with Crippen LogP contribution in [0.3, 0.4) is 0 Å². The van der Waals surface area contributed by atoms with Crippen molar-refractivity contribution in [1.82, 2.24) is 20.1 Å². The molecule has 0 bridgehead atoms. The molecule has 1 aliphatic carbocycles. The maximum Gasteiger partial charge on any atom is 0.275 e. The molecule has 6 nitrogen and oxygen atoms in total. The Labute approximate surface area is 129 Å². The molecule has 1 aliphatic rings. The Hall–Kier alpha value is -2.21. The molecule has 0 aliphatic heterocycles. The number of hydrogen-bond acceptors (Lipinski definition) is 4. The molecule has 2 heterocycles. The van der Waals surface area contributed by atoms with E-state index >= 15 is 0 Å². The molecule has 2 aromatic rings. The van der Waals surface area contributed by atoms with E-state index in [9.17, 15) is 9.90 Å². The average molecular weight is 300 g/mol. The number of hydrogen-bond donors (Lipinski definition) is 2. The van der Waals surface area contributed by atoms with Crippen molar-refractivity contribution in [2.45, 2.75) is 32.2 Å². The first kappa shape index (κ1) is 14.7. The number of pyridine rings is 1. The number of aliphatic hydroxyl groups excluding tert-OH is 1. The van der Waals surface area contributed by atoms with E-state index in [1.807, 2.05) is 12.1 Å². The van der Waals surface area contributed by atoms with Gasteiger partial charge in [0.15, 0.2) is 5.69 Å². The summed E-state index contributed by atoms with van der Waals surface area (Å²) in [6.45, 7) is 0.642. The highest BCUT2D eigenvalue weighted by Crippen LogP contribution is 2.23. The fourth-order valence-corrected chi connectivity index (χ4v) is 2.89. The molecule has 1 amide bonds. The second kappa shape index (κ2) is 6.70. The lowest BCUT2D eigenvalue weighted by molar-refractivity contribution is 0.0700. The fraction of sp³-hybridized carbons (Fsp3) is 0.438. The van der Waals surface area contributed by atoms with E-state index in [1.165, 1.54) is 0 Å². The fourth-order valence-electron chi connectivity index (χ4n) is 2.89. The molecular weight excluding hydrogens is 280 g/mol. The third-order valence-electron chi connectivity index (χ3n) is 4.01. The van der Waals surface area contributed by atoms with Crippen molar-refractivity contribution in [3.05, 3.63) is 47.0 Å². The third-order valence-corrected chi connectivity index (χ3v) is 4.01. The van der Waals surface area contributed by atoms with Gasteiger partial charge in [0.05, 0.1) is 6.61 Å². The maximum absolute atomic E-state index is 12.8. The van der Waals surface area contributed by atoms with Crippen LogP contribution in [0.15, 0.2) is 24.5 Å². The van der Waals surface area contributed by atoms with Crippen LogP contribution in [0.25, 0.3) is 0 Å². The minimum atomic E-state index is -0.127. The van der Waals surface area contributed by atoms with Crippen LogP contribution < -0.4 is 0 Å². The number of nitrogens with zero attached hydrogens (tertiary/aromatic N) is 3. The van der Waals surface area contributed by atoms with E-state index in [2.05, 4.69) is 15.2 Å². The smallest absolute Gasteiger partial charge is 0.275 e. The van der Waals surface area contributed by atoms with E-state index in [0.717, 1.165) is 42.5 Å². The Morgan fingerprint density at radius 3 is 3.00 bits per heavy atom. The summed E-state index contributed by atoms with van der Waals surface area (Å²) < 4.78 is 0. The number of rotatable bonds is 5. The van der Waals surface area contributed by atoms with Crippen LogP contribution in [0, 0.1) is 0 Å². The molecule has 0 saturated heterocycles. The minimum absolute atomic E-state index is 0.0708. The Morgan fingerprint density at radius 2 is 2.23 bits per heavy atom. The Bertz CT molecular complexity index is 639. The Morgan fingerprint density at radius 1 is 1.36 bits per heavy atom. The van der Waals surface area contributed by atoms with Gasteiger partial charge in [-0.2, -0.15) is 5.10 Å². The molecule has 0 atom stereocenters. The number of amides is 1. The largest absolute Gasteiger partial charge is 0.395 e. The number of aromatic amines is 1. The summed E-state index contributed by atoms with van der Waals surface area (Å²) in [5, 5.41) is 16.5. The normalized spacial score (nSPS) is 13.7. The zero-order valence-electron chi connectivity index (χ0n) is 12.5. The zero-order valence-corrected chi connectivity index (χ0v) is 12.5. The topological polar surface area (TPSA) is 82.1 Å². The molecule has 0 spiro atoms. The van der Waals surface area contributed by atoms with Crippen LogP contribution in [-0.2, 0) is 19.4 Å². The van der Waals surface area contributed by atoms with Gasteiger partial charge in [-0.1, -0.05) is 6.07 Å².